The summed E-state index contributed by atoms with van der Waals surface area (Å²) in [5.74, 6) is 0.0648. The fourth-order valence-electron chi connectivity index (χ4n) is 2.26. The number of ether oxygens (including phenoxy) is 1. The first-order valence-electron chi connectivity index (χ1n) is 6.94. The van der Waals surface area contributed by atoms with Gasteiger partial charge in [-0.3, -0.25) is 4.79 Å². The number of hydrogen-bond donors (Lipinski definition) is 1. The first-order chi connectivity index (χ1) is 11.3. The molecule has 0 saturated heterocycles. The Balaban J connectivity index is 1.81. The van der Waals surface area contributed by atoms with Crippen molar-refractivity contribution in [3.8, 4) is 5.75 Å². The minimum Gasteiger partial charge on any atom is -0.488 e. The minimum absolute atomic E-state index is 0.0272. The molecular formula is C17H11ClF3NO2. The monoisotopic (exact) mass is 353 g/mol. The highest BCUT2D eigenvalue weighted by molar-refractivity contribution is 6.30. The molecule has 3 rings (SSSR count). The van der Waals surface area contributed by atoms with E-state index in [2.05, 4.69) is 5.32 Å². The number of hydrogen-bond acceptors (Lipinski definition) is 2. The van der Waals surface area contributed by atoms with E-state index >= 15 is 0 Å². The molecule has 0 fully saturated rings. The summed E-state index contributed by atoms with van der Waals surface area (Å²) in [5.41, 5.74) is 0.170. The van der Waals surface area contributed by atoms with Crippen molar-refractivity contribution in [2.75, 3.05) is 11.9 Å². The van der Waals surface area contributed by atoms with Gasteiger partial charge < -0.3 is 10.1 Å². The second kappa shape index (κ2) is 6.20. The smallest absolute Gasteiger partial charge is 0.416 e. The number of benzene rings is 2. The number of anilines is 1. The predicted molar refractivity (Wildman–Crippen MR) is 85.0 cm³/mol. The average Bonchev–Trinajstić information content (AvgIpc) is 2.53. The second-order valence-corrected chi connectivity index (χ2v) is 5.61. The van der Waals surface area contributed by atoms with Gasteiger partial charge in [0.05, 0.1) is 11.1 Å². The molecule has 24 heavy (non-hydrogen) atoms. The molecule has 124 valence electrons. The Hall–Kier alpha value is -2.47. The number of halogens is 4. The molecule has 0 spiro atoms. The second-order valence-electron chi connectivity index (χ2n) is 5.17. The molecular weight excluding hydrogens is 343 g/mol. The molecule has 2 aromatic rings. The van der Waals surface area contributed by atoms with Crippen LogP contribution in [0.1, 0.15) is 11.1 Å². The van der Waals surface area contributed by atoms with E-state index in [9.17, 15) is 18.0 Å². The van der Waals surface area contributed by atoms with E-state index in [-0.39, 0.29) is 12.3 Å². The summed E-state index contributed by atoms with van der Waals surface area (Å²) in [7, 11) is 0. The molecule has 0 bridgehead atoms. The van der Waals surface area contributed by atoms with Crippen LogP contribution in [0.2, 0.25) is 5.02 Å². The molecule has 1 N–H and O–H groups in total. The predicted octanol–water partition coefficient (Wildman–Crippen LogP) is 4.77. The van der Waals surface area contributed by atoms with Gasteiger partial charge in [-0.05, 0) is 42.5 Å². The van der Waals surface area contributed by atoms with Crippen LogP contribution in [0.25, 0.3) is 6.08 Å². The van der Waals surface area contributed by atoms with Crippen LogP contribution in [0.5, 0.6) is 5.75 Å². The van der Waals surface area contributed by atoms with Gasteiger partial charge in [0.2, 0.25) is 0 Å². The lowest BCUT2D eigenvalue weighted by molar-refractivity contribution is -0.137. The fraction of sp³-hybridized carbons (Fsp3) is 0.118. The summed E-state index contributed by atoms with van der Waals surface area (Å²) in [6.45, 7) is 0.0272. The highest BCUT2D eigenvalue weighted by atomic mass is 35.5. The summed E-state index contributed by atoms with van der Waals surface area (Å²) in [6.07, 6.45) is -2.86. The van der Waals surface area contributed by atoms with Crippen LogP contribution in [0.15, 0.2) is 48.0 Å². The lowest BCUT2D eigenvalue weighted by Gasteiger charge is -2.18. The molecule has 0 aliphatic carbocycles. The van der Waals surface area contributed by atoms with Gasteiger partial charge in [0.1, 0.15) is 12.4 Å². The van der Waals surface area contributed by atoms with Crippen LogP contribution in [-0.2, 0) is 11.0 Å². The van der Waals surface area contributed by atoms with Crippen LogP contribution in [0.4, 0.5) is 18.9 Å². The quantitative estimate of drug-likeness (QED) is 0.844. The maximum absolute atomic E-state index is 12.7. The summed E-state index contributed by atoms with van der Waals surface area (Å²) < 4.78 is 43.6. The van der Waals surface area contributed by atoms with E-state index in [1.54, 1.807) is 24.3 Å². The van der Waals surface area contributed by atoms with E-state index in [0.29, 0.717) is 21.9 Å². The largest absolute Gasteiger partial charge is 0.488 e. The zero-order valence-corrected chi connectivity index (χ0v) is 12.9. The lowest BCUT2D eigenvalue weighted by Crippen LogP contribution is -2.21. The van der Waals surface area contributed by atoms with Crippen molar-refractivity contribution in [1.29, 1.82) is 0 Å². The lowest BCUT2D eigenvalue weighted by atomic mass is 10.1. The van der Waals surface area contributed by atoms with Crippen LogP contribution in [0, 0.1) is 0 Å². The number of rotatable bonds is 2. The van der Waals surface area contributed by atoms with Crippen molar-refractivity contribution < 1.29 is 22.7 Å². The Morgan fingerprint density at radius 2 is 1.96 bits per heavy atom. The number of nitrogens with one attached hydrogen (secondary N) is 1. The Kier molecular flexibility index (Phi) is 4.24. The summed E-state index contributed by atoms with van der Waals surface area (Å²) in [4.78, 5) is 12.2. The molecule has 0 unspecified atom stereocenters. The molecule has 1 aliphatic rings. The Morgan fingerprint density at radius 3 is 2.71 bits per heavy atom. The van der Waals surface area contributed by atoms with Crippen molar-refractivity contribution >= 4 is 29.3 Å². The van der Waals surface area contributed by atoms with Gasteiger partial charge in [0.15, 0.2) is 0 Å². The van der Waals surface area contributed by atoms with Crippen LogP contribution < -0.4 is 10.1 Å². The maximum Gasteiger partial charge on any atom is 0.416 e. The third-order valence-corrected chi connectivity index (χ3v) is 3.66. The summed E-state index contributed by atoms with van der Waals surface area (Å²) >= 11 is 5.90. The molecule has 1 heterocycles. The standard InChI is InChI=1S/C17H11ClF3NO2/c18-13-4-5-15-10(7-13)6-11(9-24-15)16(23)22-14-3-1-2-12(8-14)17(19,20)21/h1-8H,9H2,(H,22,23). The minimum atomic E-state index is -4.47. The molecule has 0 atom stereocenters. The third-order valence-electron chi connectivity index (χ3n) is 3.42. The van der Waals surface area contributed by atoms with Crippen LogP contribution in [-0.4, -0.2) is 12.5 Å². The van der Waals surface area contributed by atoms with Gasteiger partial charge in [-0.15, -0.1) is 0 Å². The number of carbonyl (C=O) groups excluding carboxylic acids is 1. The van der Waals surface area contributed by atoms with Crippen molar-refractivity contribution in [3.63, 3.8) is 0 Å². The Labute approximate surface area is 140 Å². The fourth-order valence-corrected chi connectivity index (χ4v) is 2.44. The molecule has 0 aromatic heterocycles. The topological polar surface area (TPSA) is 38.3 Å². The van der Waals surface area contributed by atoms with Gasteiger partial charge in [-0.2, -0.15) is 13.2 Å². The van der Waals surface area contributed by atoms with Crippen LogP contribution >= 0.6 is 11.6 Å². The summed E-state index contributed by atoms with van der Waals surface area (Å²) in [6, 6.07) is 9.45. The van der Waals surface area contributed by atoms with E-state index in [4.69, 9.17) is 16.3 Å². The van der Waals surface area contributed by atoms with E-state index in [1.807, 2.05) is 0 Å². The zero-order valence-electron chi connectivity index (χ0n) is 12.2. The molecule has 0 radical (unpaired) electrons. The Morgan fingerprint density at radius 1 is 1.17 bits per heavy atom. The average molecular weight is 354 g/mol. The molecule has 7 heteroatoms. The van der Waals surface area contributed by atoms with Gasteiger partial charge in [0.25, 0.3) is 5.91 Å². The van der Waals surface area contributed by atoms with E-state index in [1.165, 1.54) is 12.1 Å². The SMILES string of the molecule is O=C(Nc1cccc(C(F)(F)F)c1)C1=Cc2cc(Cl)ccc2OC1. The number of alkyl halides is 3. The molecule has 1 amide bonds. The molecule has 1 aliphatic heterocycles. The molecule has 0 saturated carbocycles. The first kappa shape index (κ1) is 16.4. The highest BCUT2D eigenvalue weighted by Crippen LogP contribution is 2.32. The van der Waals surface area contributed by atoms with Crippen molar-refractivity contribution in [2.24, 2.45) is 0 Å². The third kappa shape index (κ3) is 3.54. The molecule has 3 nitrogen and oxygen atoms in total. The first-order valence-corrected chi connectivity index (χ1v) is 7.32. The van der Waals surface area contributed by atoms with Gasteiger partial charge in [-0.1, -0.05) is 17.7 Å². The van der Waals surface area contributed by atoms with E-state index in [0.717, 1.165) is 12.1 Å². The number of carbonyl (C=O) groups is 1. The zero-order chi connectivity index (χ0) is 17.3. The Bertz CT molecular complexity index is 831. The summed E-state index contributed by atoms with van der Waals surface area (Å²) in [5, 5.41) is 2.94. The van der Waals surface area contributed by atoms with Gasteiger partial charge in [0, 0.05) is 16.3 Å². The van der Waals surface area contributed by atoms with Crippen LogP contribution in [0.3, 0.4) is 0 Å². The van der Waals surface area contributed by atoms with Crippen molar-refractivity contribution in [1.82, 2.24) is 0 Å². The maximum atomic E-state index is 12.7. The van der Waals surface area contributed by atoms with Crippen molar-refractivity contribution in [3.05, 3.63) is 64.2 Å². The van der Waals surface area contributed by atoms with Gasteiger partial charge >= 0.3 is 6.18 Å². The van der Waals surface area contributed by atoms with Crippen molar-refractivity contribution in [2.45, 2.75) is 6.18 Å². The number of amides is 1. The molecule has 2 aromatic carbocycles. The normalized spacial score (nSPS) is 13.6. The van der Waals surface area contributed by atoms with Gasteiger partial charge in [-0.25, -0.2) is 0 Å². The van der Waals surface area contributed by atoms with E-state index < -0.39 is 17.6 Å². The highest BCUT2D eigenvalue weighted by Gasteiger charge is 2.30. The number of fused-ring (bicyclic) bond motifs is 1.